The van der Waals surface area contributed by atoms with Crippen LogP contribution in [0.15, 0.2) is 47.8 Å². The lowest BCUT2D eigenvalue weighted by molar-refractivity contribution is 0.222. The third-order valence-corrected chi connectivity index (χ3v) is 6.22. The second kappa shape index (κ2) is 9.24. The van der Waals surface area contributed by atoms with Crippen molar-refractivity contribution in [1.82, 2.24) is 20.2 Å². The molecular weight excluding hydrogens is 384 g/mol. The van der Waals surface area contributed by atoms with Crippen LogP contribution in [0, 0.1) is 12.8 Å². The van der Waals surface area contributed by atoms with Crippen LogP contribution >= 0.6 is 11.6 Å². The van der Waals surface area contributed by atoms with E-state index in [1.54, 1.807) is 7.11 Å². The highest BCUT2D eigenvalue weighted by Crippen LogP contribution is 2.37. The molecule has 1 aromatic rings. The average molecular weight is 413 g/mol. The molecule has 0 aromatic carbocycles. The Kier molecular flexibility index (Phi) is 6.48. The van der Waals surface area contributed by atoms with Crippen LogP contribution in [0.2, 0.25) is 5.15 Å². The monoisotopic (exact) mass is 412 g/mol. The van der Waals surface area contributed by atoms with E-state index in [9.17, 15) is 0 Å². The maximum atomic E-state index is 6.59. The fraction of sp³-hybridized carbons (Fsp3) is 0.478. The molecule has 1 aromatic heterocycles. The molecular formula is C23H29ClN4O. The lowest BCUT2D eigenvalue weighted by Crippen LogP contribution is -2.38. The van der Waals surface area contributed by atoms with Gasteiger partial charge in [-0.3, -0.25) is 4.90 Å². The van der Waals surface area contributed by atoms with Crippen molar-refractivity contribution in [2.24, 2.45) is 5.92 Å². The summed E-state index contributed by atoms with van der Waals surface area (Å²) in [7, 11) is 1.73. The van der Waals surface area contributed by atoms with Gasteiger partial charge in [-0.1, -0.05) is 42.0 Å². The molecule has 0 fully saturated rings. The van der Waals surface area contributed by atoms with Crippen LogP contribution in [0.4, 0.5) is 0 Å². The molecule has 3 heterocycles. The van der Waals surface area contributed by atoms with Crippen molar-refractivity contribution in [3.63, 3.8) is 0 Å². The number of hydrogen-bond acceptors (Lipinski definition) is 5. The van der Waals surface area contributed by atoms with E-state index in [0.29, 0.717) is 17.0 Å². The number of fused-ring (bicyclic) bond motifs is 1. The zero-order valence-electron chi connectivity index (χ0n) is 17.2. The lowest BCUT2D eigenvalue weighted by atomic mass is 9.82. The molecule has 0 saturated carbocycles. The summed E-state index contributed by atoms with van der Waals surface area (Å²) in [5.41, 5.74) is 3.51. The Morgan fingerprint density at radius 2 is 2.17 bits per heavy atom. The summed E-state index contributed by atoms with van der Waals surface area (Å²) in [4.78, 5) is 11.8. The molecule has 1 aliphatic carbocycles. The van der Waals surface area contributed by atoms with Crippen molar-refractivity contribution in [2.75, 3.05) is 33.3 Å². The summed E-state index contributed by atoms with van der Waals surface area (Å²) in [6.45, 7) is 6.53. The second-order valence-electron chi connectivity index (χ2n) is 7.97. The number of aryl methyl sites for hydroxylation is 1. The first-order valence-electron chi connectivity index (χ1n) is 10.4. The van der Waals surface area contributed by atoms with E-state index in [4.69, 9.17) is 21.3 Å². The maximum Gasteiger partial charge on any atom is 0.137 e. The van der Waals surface area contributed by atoms with E-state index in [0.717, 1.165) is 68.4 Å². The maximum absolute atomic E-state index is 6.59. The number of nitrogens with zero attached hydrogens (tertiary/aromatic N) is 3. The third-order valence-electron chi connectivity index (χ3n) is 5.91. The van der Waals surface area contributed by atoms with E-state index in [-0.39, 0.29) is 0 Å². The van der Waals surface area contributed by atoms with Gasteiger partial charge in [-0.05, 0) is 37.5 Å². The van der Waals surface area contributed by atoms with Gasteiger partial charge in [-0.2, -0.15) is 0 Å². The first-order valence-corrected chi connectivity index (χ1v) is 10.7. The van der Waals surface area contributed by atoms with Gasteiger partial charge in [-0.15, -0.1) is 0 Å². The molecule has 154 valence electrons. The highest BCUT2D eigenvalue weighted by atomic mass is 35.5. The van der Waals surface area contributed by atoms with Gasteiger partial charge in [0.25, 0.3) is 0 Å². The third kappa shape index (κ3) is 4.80. The van der Waals surface area contributed by atoms with Crippen LogP contribution in [-0.4, -0.2) is 48.2 Å². The van der Waals surface area contributed by atoms with Crippen LogP contribution in [0.3, 0.4) is 0 Å². The Morgan fingerprint density at radius 3 is 3.03 bits per heavy atom. The van der Waals surface area contributed by atoms with E-state index < -0.39 is 0 Å². The van der Waals surface area contributed by atoms with Crippen molar-refractivity contribution in [3.8, 4) is 0 Å². The molecule has 6 heteroatoms. The fourth-order valence-electron chi connectivity index (χ4n) is 4.44. The number of hydrogen-bond donors (Lipinski definition) is 1. The first-order chi connectivity index (χ1) is 14.1. The summed E-state index contributed by atoms with van der Waals surface area (Å²) < 4.78 is 5.40. The molecule has 2 unspecified atom stereocenters. The molecule has 0 bridgehead atoms. The molecule has 29 heavy (non-hydrogen) atoms. The largest absolute Gasteiger partial charge is 0.501 e. The average Bonchev–Trinajstić information content (AvgIpc) is 3.11. The first kappa shape index (κ1) is 20.3. The Labute approximate surface area is 178 Å². The highest BCUT2D eigenvalue weighted by Gasteiger charge is 2.33. The number of halogens is 1. The minimum absolute atomic E-state index is 0.328. The Bertz CT molecular complexity index is 874. The smallest absolute Gasteiger partial charge is 0.137 e. The Balaban J connectivity index is 1.62. The van der Waals surface area contributed by atoms with Crippen LogP contribution in [0.5, 0.6) is 0 Å². The minimum Gasteiger partial charge on any atom is -0.501 e. The van der Waals surface area contributed by atoms with E-state index in [1.165, 1.54) is 5.57 Å². The number of nitrogens with one attached hydrogen (secondary N) is 1. The summed E-state index contributed by atoms with van der Waals surface area (Å²) in [6, 6.07) is 0. The van der Waals surface area contributed by atoms with Crippen LogP contribution < -0.4 is 5.32 Å². The van der Waals surface area contributed by atoms with Crippen molar-refractivity contribution in [1.29, 1.82) is 0 Å². The summed E-state index contributed by atoms with van der Waals surface area (Å²) >= 11 is 6.59. The predicted molar refractivity (Wildman–Crippen MR) is 117 cm³/mol. The topological polar surface area (TPSA) is 50.3 Å². The van der Waals surface area contributed by atoms with Gasteiger partial charge in [0.15, 0.2) is 0 Å². The van der Waals surface area contributed by atoms with Crippen molar-refractivity contribution in [2.45, 2.75) is 32.2 Å². The fourth-order valence-corrected chi connectivity index (χ4v) is 4.72. The van der Waals surface area contributed by atoms with Crippen molar-refractivity contribution < 1.29 is 4.74 Å². The molecule has 0 amide bonds. The molecule has 2 atom stereocenters. The van der Waals surface area contributed by atoms with Crippen LogP contribution in [0.1, 0.15) is 35.8 Å². The lowest BCUT2D eigenvalue weighted by Gasteiger charge is -2.37. The number of aromatic nitrogens is 2. The van der Waals surface area contributed by atoms with Gasteiger partial charge in [0.2, 0.25) is 0 Å². The number of ether oxygens (including phenoxy) is 1. The summed E-state index contributed by atoms with van der Waals surface area (Å²) in [5, 5.41) is 4.06. The zero-order valence-corrected chi connectivity index (χ0v) is 18.0. The van der Waals surface area contributed by atoms with Gasteiger partial charge in [0, 0.05) is 44.1 Å². The van der Waals surface area contributed by atoms with Gasteiger partial charge >= 0.3 is 0 Å². The molecule has 0 radical (unpaired) electrons. The molecule has 0 saturated heterocycles. The highest BCUT2D eigenvalue weighted by molar-refractivity contribution is 6.30. The normalized spacial score (nSPS) is 24.9. The molecule has 5 nitrogen and oxygen atoms in total. The van der Waals surface area contributed by atoms with Gasteiger partial charge in [0.05, 0.1) is 18.6 Å². The summed E-state index contributed by atoms with van der Waals surface area (Å²) in [5.74, 6) is 2.53. The van der Waals surface area contributed by atoms with Gasteiger partial charge < -0.3 is 10.1 Å². The van der Waals surface area contributed by atoms with Gasteiger partial charge in [0.1, 0.15) is 11.0 Å². The molecule has 1 N–H and O–H groups in total. The summed E-state index contributed by atoms with van der Waals surface area (Å²) in [6.07, 6.45) is 15.2. The number of rotatable bonds is 4. The van der Waals surface area contributed by atoms with Crippen molar-refractivity contribution >= 4 is 11.6 Å². The van der Waals surface area contributed by atoms with Crippen LogP contribution in [0.25, 0.3) is 0 Å². The van der Waals surface area contributed by atoms with E-state index in [2.05, 4.69) is 51.7 Å². The predicted octanol–water partition coefficient (Wildman–Crippen LogP) is 3.92. The van der Waals surface area contributed by atoms with Gasteiger partial charge in [-0.25, -0.2) is 9.97 Å². The standard InChI is InChI=1S/C23H29ClN4O/c1-16-26-22-20(18-6-4-11-25-12-10-18)14-28(15-21(22)23(24)27-16)13-17-5-3-7-19(29-2)9-8-17/h3-6,8-9,18,20,25H,7,10-15H2,1-2H3. The van der Waals surface area contributed by atoms with Crippen LogP contribution in [-0.2, 0) is 11.3 Å². The molecule has 3 aliphatic rings. The minimum atomic E-state index is 0.328. The molecule has 4 rings (SSSR count). The van der Waals surface area contributed by atoms with E-state index >= 15 is 0 Å². The number of allylic oxidation sites excluding steroid dienone is 4. The quantitative estimate of drug-likeness (QED) is 0.600. The molecule has 2 aliphatic heterocycles. The Morgan fingerprint density at radius 1 is 1.28 bits per heavy atom. The zero-order chi connectivity index (χ0) is 20.2. The molecule has 0 spiro atoms. The number of methoxy groups -OCH3 is 1. The Hall–Kier alpha value is -1.95. The van der Waals surface area contributed by atoms with E-state index in [1.807, 2.05) is 6.92 Å². The second-order valence-corrected chi connectivity index (χ2v) is 8.33. The SMILES string of the molecule is COC1=CC=C(CN2Cc3c(Cl)nc(C)nc3C(C3C=CCNCC3)C2)C=CC1. The van der Waals surface area contributed by atoms with Crippen molar-refractivity contribution in [3.05, 3.63) is 70.0 Å².